The van der Waals surface area contributed by atoms with E-state index >= 15 is 0 Å². The summed E-state index contributed by atoms with van der Waals surface area (Å²) in [6, 6.07) is 5.72. The van der Waals surface area contributed by atoms with Crippen molar-refractivity contribution in [1.29, 1.82) is 0 Å². The number of nitrogens with zero attached hydrogens (tertiary/aromatic N) is 3. The van der Waals surface area contributed by atoms with Crippen molar-refractivity contribution in [2.24, 2.45) is 0 Å². The van der Waals surface area contributed by atoms with Crippen LogP contribution in [0.2, 0.25) is 0 Å². The van der Waals surface area contributed by atoms with Crippen molar-refractivity contribution in [3.05, 3.63) is 65.4 Å². The summed E-state index contributed by atoms with van der Waals surface area (Å²) < 4.78 is 26.7. The second kappa shape index (κ2) is 6.95. The van der Waals surface area contributed by atoms with E-state index in [0.29, 0.717) is 23.4 Å². The Hall–Kier alpha value is -3.29. The first kappa shape index (κ1) is 17.8. The van der Waals surface area contributed by atoms with Crippen molar-refractivity contribution >= 4 is 11.6 Å². The Bertz CT molecular complexity index is 1090. The van der Waals surface area contributed by atoms with Crippen LogP contribution in [0.25, 0.3) is 11.3 Å². The summed E-state index contributed by atoms with van der Waals surface area (Å²) in [5.74, 6) is -0.707. The molecule has 0 aliphatic carbocycles. The fourth-order valence-electron chi connectivity index (χ4n) is 4.14. The average molecular weight is 395 g/mol. The highest BCUT2D eigenvalue weighted by Crippen LogP contribution is 2.33. The molecule has 0 bridgehead atoms. The Morgan fingerprint density at radius 2 is 1.90 bits per heavy atom. The van der Waals surface area contributed by atoms with Crippen LogP contribution in [0.1, 0.15) is 40.6 Å². The van der Waals surface area contributed by atoms with Gasteiger partial charge in [0.1, 0.15) is 5.82 Å². The van der Waals surface area contributed by atoms with Gasteiger partial charge in [0.2, 0.25) is 0 Å². The standard InChI is InChI=1S/C21H19F2N5O/c22-14-2-1-13(9-15(14)23)16-10-25-20(27-16)12-4-7-28(8-5-12)18-3-6-24-17-11-26-21(29)19(17)18/h1-3,6,9-10,12H,4-5,7-8,11H2,(H,25,27)(H,26,29). The molecule has 1 saturated heterocycles. The number of hydrogen-bond acceptors (Lipinski definition) is 4. The molecule has 148 valence electrons. The summed E-state index contributed by atoms with van der Waals surface area (Å²) in [6.45, 7) is 2.09. The van der Waals surface area contributed by atoms with Crippen LogP contribution in [-0.4, -0.2) is 33.9 Å². The predicted octanol–water partition coefficient (Wildman–Crippen LogP) is 3.38. The van der Waals surface area contributed by atoms with Gasteiger partial charge in [-0.05, 0) is 37.1 Å². The zero-order valence-electron chi connectivity index (χ0n) is 15.6. The molecule has 0 atom stereocenters. The minimum absolute atomic E-state index is 0.0626. The van der Waals surface area contributed by atoms with Gasteiger partial charge in [-0.25, -0.2) is 13.8 Å². The van der Waals surface area contributed by atoms with E-state index in [1.165, 1.54) is 12.1 Å². The molecule has 6 nitrogen and oxygen atoms in total. The number of rotatable bonds is 3. The van der Waals surface area contributed by atoms with E-state index < -0.39 is 11.6 Å². The molecule has 2 aliphatic rings. The highest BCUT2D eigenvalue weighted by molar-refractivity contribution is 6.03. The molecule has 0 spiro atoms. The topological polar surface area (TPSA) is 73.9 Å². The van der Waals surface area contributed by atoms with Gasteiger partial charge in [-0.3, -0.25) is 9.78 Å². The van der Waals surface area contributed by atoms with Gasteiger partial charge >= 0.3 is 0 Å². The summed E-state index contributed by atoms with van der Waals surface area (Å²) in [5.41, 5.74) is 3.66. The van der Waals surface area contributed by atoms with Crippen LogP contribution in [0.4, 0.5) is 14.5 Å². The molecule has 0 unspecified atom stereocenters. The summed E-state index contributed by atoms with van der Waals surface area (Å²) in [5, 5.41) is 2.83. The van der Waals surface area contributed by atoms with Crippen LogP contribution < -0.4 is 10.2 Å². The molecule has 3 aromatic rings. The lowest BCUT2D eigenvalue weighted by molar-refractivity contribution is 0.0966. The van der Waals surface area contributed by atoms with Crippen molar-refractivity contribution in [1.82, 2.24) is 20.3 Å². The number of H-pyrrole nitrogens is 1. The Morgan fingerprint density at radius 3 is 2.69 bits per heavy atom. The fourth-order valence-corrected chi connectivity index (χ4v) is 4.14. The summed E-state index contributed by atoms with van der Waals surface area (Å²) in [6.07, 6.45) is 5.17. The molecule has 0 radical (unpaired) electrons. The van der Waals surface area contributed by atoms with Gasteiger partial charge in [-0.15, -0.1) is 0 Å². The maximum Gasteiger partial charge on any atom is 0.255 e. The third-order valence-electron chi connectivity index (χ3n) is 5.70. The molecule has 5 rings (SSSR count). The first-order valence-electron chi connectivity index (χ1n) is 9.61. The monoisotopic (exact) mass is 395 g/mol. The van der Waals surface area contributed by atoms with Crippen molar-refractivity contribution in [3.8, 4) is 11.3 Å². The van der Waals surface area contributed by atoms with Crippen molar-refractivity contribution in [3.63, 3.8) is 0 Å². The predicted molar refractivity (Wildman–Crippen MR) is 104 cm³/mol. The van der Waals surface area contributed by atoms with Crippen LogP contribution >= 0.6 is 0 Å². The number of carbonyl (C=O) groups is 1. The van der Waals surface area contributed by atoms with E-state index in [9.17, 15) is 13.6 Å². The number of piperidine rings is 1. The molecule has 8 heteroatoms. The lowest BCUT2D eigenvalue weighted by atomic mass is 9.95. The Labute approximate surface area is 166 Å². The molecular weight excluding hydrogens is 376 g/mol. The van der Waals surface area contributed by atoms with Crippen LogP contribution in [-0.2, 0) is 6.54 Å². The molecule has 2 N–H and O–H groups in total. The molecule has 1 fully saturated rings. The Balaban J connectivity index is 1.31. The minimum atomic E-state index is -0.874. The molecule has 2 aromatic heterocycles. The summed E-state index contributed by atoms with van der Waals surface area (Å²) in [7, 11) is 0. The van der Waals surface area contributed by atoms with Gasteiger partial charge in [0.05, 0.1) is 35.4 Å². The van der Waals surface area contributed by atoms with Gasteiger partial charge in [0.25, 0.3) is 5.91 Å². The molecule has 1 amide bonds. The van der Waals surface area contributed by atoms with E-state index in [-0.39, 0.29) is 11.8 Å². The summed E-state index contributed by atoms with van der Waals surface area (Å²) >= 11 is 0. The lowest BCUT2D eigenvalue weighted by Gasteiger charge is -2.33. The van der Waals surface area contributed by atoms with Gasteiger partial charge in [0.15, 0.2) is 11.6 Å². The Morgan fingerprint density at radius 1 is 1.07 bits per heavy atom. The van der Waals surface area contributed by atoms with E-state index in [1.54, 1.807) is 12.4 Å². The first-order valence-corrected chi connectivity index (χ1v) is 9.61. The smallest absolute Gasteiger partial charge is 0.255 e. The molecule has 29 heavy (non-hydrogen) atoms. The van der Waals surface area contributed by atoms with E-state index in [1.807, 2.05) is 6.07 Å². The quantitative estimate of drug-likeness (QED) is 0.713. The molecule has 4 heterocycles. The number of pyridine rings is 1. The number of carbonyl (C=O) groups excluding carboxylic acids is 1. The van der Waals surface area contributed by atoms with Gasteiger partial charge < -0.3 is 15.2 Å². The number of benzene rings is 1. The Kier molecular flexibility index (Phi) is 4.26. The SMILES string of the molecule is O=C1NCc2nccc(N3CCC(c4ncc(-c5ccc(F)c(F)c5)[nH]4)CC3)c21. The third kappa shape index (κ3) is 3.14. The van der Waals surface area contributed by atoms with Gasteiger partial charge in [0, 0.05) is 30.8 Å². The minimum Gasteiger partial charge on any atom is -0.371 e. The second-order valence-electron chi connectivity index (χ2n) is 7.41. The maximum absolute atomic E-state index is 13.5. The fraction of sp³-hybridized carbons (Fsp3) is 0.286. The number of anilines is 1. The zero-order valence-corrected chi connectivity index (χ0v) is 15.6. The number of halogens is 2. The number of amides is 1. The van der Waals surface area contributed by atoms with E-state index in [4.69, 9.17) is 0 Å². The van der Waals surface area contributed by atoms with E-state index in [0.717, 1.165) is 49.2 Å². The molecular formula is C21H19F2N5O. The summed E-state index contributed by atoms with van der Waals surface area (Å²) in [4.78, 5) is 26.4. The maximum atomic E-state index is 13.5. The van der Waals surface area contributed by atoms with Crippen molar-refractivity contribution in [2.45, 2.75) is 25.3 Å². The number of aromatic nitrogens is 3. The molecule has 1 aromatic carbocycles. The molecule has 2 aliphatic heterocycles. The molecule has 0 saturated carbocycles. The van der Waals surface area contributed by atoms with E-state index in [2.05, 4.69) is 25.2 Å². The van der Waals surface area contributed by atoms with Gasteiger partial charge in [-0.1, -0.05) is 0 Å². The highest BCUT2D eigenvalue weighted by atomic mass is 19.2. The third-order valence-corrected chi connectivity index (χ3v) is 5.70. The highest BCUT2D eigenvalue weighted by Gasteiger charge is 2.29. The zero-order chi connectivity index (χ0) is 20.0. The normalized spacial score (nSPS) is 16.8. The van der Waals surface area contributed by atoms with Crippen LogP contribution in [0, 0.1) is 11.6 Å². The largest absolute Gasteiger partial charge is 0.371 e. The van der Waals surface area contributed by atoms with Crippen LogP contribution in [0.5, 0.6) is 0 Å². The lowest BCUT2D eigenvalue weighted by Crippen LogP contribution is -2.34. The number of imidazole rings is 1. The van der Waals surface area contributed by atoms with Gasteiger partial charge in [-0.2, -0.15) is 0 Å². The number of fused-ring (bicyclic) bond motifs is 1. The number of aromatic amines is 1. The number of hydrogen-bond donors (Lipinski definition) is 2. The second-order valence-corrected chi connectivity index (χ2v) is 7.41. The van der Waals surface area contributed by atoms with Crippen LogP contribution in [0.3, 0.4) is 0 Å². The number of nitrogens with one attached hydrogen (secondary N) is 2. The van der Waals surface area contributed by atoms with Crippen molar-refractivity contribution in [2.75, 3.05) is 18.0 Å². The first-order chi connectivity index (χ1) is 14.1. The van der Waals surface area contributed by atoms with Crippen LogP contribution in [0.15, 0.2) is 36.7 Å². The average Bonchev–Trinajstić information content (AvgIpc) is 3.38. The van der Waals surface area contributed by atoms with Crippen molar-refractivity contribution < 1.29 is 13.6 Å².